The van der Waals surface area contributed by atoms with Crippen LogP contribution in [0.25, 0.3) is 16.3 Å². The highest BCUT2D eigenvalue weighted by molar-refractivity contribution is 5.87. The lowest BCUT2D eigenvalue weighted by atomic mass is 9.86. The molecule has 1 aliphatic heterocycles. The van der Waals surface area contributed by atoms with Crippen LogP contribution in [0.3, 0.4) is 0 Å². The van der Waals surface area contributed by atoms with Gasteiger partial charge in [0, 0.05) is 13.1 Å². The molecule has 2 aromatic carbocycles. The summed E-state index contributed by atoms with van der Waals surface area (Å²) in [6.45, 7) is 7.06. The highest BCUT2D eigenvalue weighted by Gasteiger charge is 2.27. The van der Waals surface area contributed by atoms with E-state index in [9.17, 15) is 9.59 Å². The van der Waals surface area contributed by atoms with Gasteiger partial charge < -0.3 is 14.4 Å². The zero-order valence-corrected chi connectivity index (χ0v) is 19.0. The van der Waals surface area contributed by atoms with Gasteiger partial charge in [-0.2, -0.15) is 0 Å². The molecule has 0 saturated carbocycles. The second-order valence-corrected chi connectivity index (χ2v) is 9.19. The molecule has 5 heteroatoms. The van der Waals surface area contributed by atoms with E-state index in [0.717, 1.165) is 30.4 Å². The number of methoxy groups -OCH3 is 1. The lowest BCUT2D eigenvalue weighted by Gasteiger charge is -2.33. The summed E-state index contributed by atoms with van der Waals surface area (Å²) in [6, 6.07) is 14.7. The molecule has 0 aliphatic carbocycles. The molecule has 0 radical (unpaired) electrons. The molecule has 3 rings (SSSR count). The van der Waals surface area contributed by atoms with Gasteiger partial charge in [-0.1, -0.05) is 42.5 Å². The van der Waals surface area contributed by atoms with E-state index >= 15 is 0 Å². The normalized spacial score (nSPS) is 15.7. The first kappa shape index (κ1) is 22.9. The summed E-state index contributed by atoms with van der Waals surface area (Å²) in [6.07, 6.45) is 4.73. The van der Waals surface area contributed by atoms with Crippen molar-refractivity contribution in [2.75, 3.05) is 20.2 Å². The van der Waals surface area contributed by atoms with E-state index in [1.807, 2.05) is 39.0 Å². The molecular weight excluding hydrogens is 390 g/mol. The van der Waals surface area contributed by atoms with E-state index in [1.165, 1.54) is 17.9 Å². The molecule has 0 N–H and O–H groups in total. The summed E-state index contributed by atoms with van der Waals surface area (Å²) >= 11 is 0. The minimum atomic E-state index is -0.478. The third kappa shape index (κ3) is 6.58. The number of hydrogen-bond donors (Lipinski definition) is 0. The summed E-state index contributed by atoms with van der Waals surface area (Å²) in [4.78, 5) is 25.9. The van der Waals surface area contributed by atoms with Crippen molar-refractivity contribution in [3.63, 3.8) is 0 Å². The minimum absolute atomic E-state index is 0.234. The number of nitrogens with zero attached hydrogens (tertiary/aromatic N) is 1. The number of esters is 1. The van der Waals surface area contributed by atoms with Crippen molar-refractivity contribution < 1.29 is 19.1 Å². The lowest BCUT2D eigenvalue weighted by Crippen LogP contribution is -2.41. The fraction of sp³-hybridized carbons (Fsp3) is 0.462. The maximum Gasteiger partial charge on any atom is 0.410 e. The Bertz CT molecular complexity index is 949. The van der Waals surface area contributed by atoms with Crippen molar-refractivity contribution in [3.05, 3.63) is 54.1 Å². The Morgan fingerprint density at radius 3 is 2.39 bits per heavy atom. The van der Waals surface area contributed by atoms with Gasteiger partial charge >= 0.3 is 12.1 Å². The largest absolute Gasteiger partial charge is 0.469 e. The molecule has 0 unspecified atom stereocenters. The van der Waals surface area contributed by atoms with Crippen LogP contribution in [0.5, 0.6) is 0 Å². The fourth-order valence-corrected chi connectivity index (χ4v) is 3.96. The first-order chi connectivity index (χ1) is 14.7. The van der Waals surface area contributed by atoms with Gasteiger partial charge in [0.1, 0.15) is 5.60 Å². The van der Waals surface area contributed by atoms with Crippen LogP contribution in [0, 0.1) is 5.92 Å². The van der Waals surface area contributed by atoms with Crippen LogP contribution in [-0.2, 0) is 14.3 Å². The Kier molecular flexibility index (Phi) is 7.37. The Morgan fingerprint density at radius 1 is 1.06 bits per heavy atom. The number of hydrogen-bond acceptors (Lipinski definition) is 4. The van der Waals surface area contributed by atoms with Crippen LogP contribution >= 0.6 is 0 Å². The van der Waals surface area contributed by atoms with Crippen LogP contribution in [0.1, 0.15) is 52.0 Å². The smallest absolute Gasteiger partial charge is 0.410 e. The number of carbonyl (C=O) groups excluding carboxylic acids is 2. The van der Waals surface area contributed by atoms with Crippen LogP contribution in [-0.4, -0.2) is 42.8 Å². The maximum atomic E-state index is 12.3. The molecule has 1 fully saturated rings. The third-order valence-electron chi connectivity index (χ3n) is 5.64. The number of piperidine rings is 1. The first-order valence-corrected chi connectivity index (χ1v) is 11.0. The molecule has 166 valence electrons. The van der Waals surface area contributed by atoms with Gasteiger partial charge in [0.05, 0.1) is 13.5 Å². The molecule has 31 heavy (non-hydrogen) atoms. The van der Waals surface area contributed by atoms with Crippen LogP contribution in [0.4, 0.5) is 4.79 Å². The van der Waals surface area contributed by atoms with Gasteiger partial charge in [-0.3, -0.25) is 4.79 Å². The van der Waals surface area contributed by atoms with E-state index in [2.05, 4.69) is 30.3 Å². The maximum absolute atomic E-state index is 12.3. The van der Waals surface area contributed by atoms with Gasteiger partial charge in [0.15, 0.2) is 0 Å². The molecule has 1 amide bonds. The van der Waals surface area contributed by atoms with Crippen molar-refractivity contribution >= 4 is 28.4 Å². The van der Waals surface area contributed by atoms with Crippen molar-refractivity contribution in [1.29, 1.82) is 0 Å². The van der Waals surface area contributed by atoms with Gasteiger partial charge in [0.2, 0.25) is 0 Å². The van der Waals surface area contributed by atoms with Crippen LogP contribution in [0.2, 0.25) is 0 Å². The van der Waals surface area contributed by atoms with E-state index in [0.29, 0.717) is 19.0 Å². The monoisotopic (exact) mass is 423 g/mol. The number of likely N-dealkylation sites (tertiary alicyclic amines) is 1. The molecule has 1 aliphatic rings. The van der Waals surface area contributed by atoms with Gasteiger partial charge in [0.25, 0.3) is 0 Å². The molecule has 0 bridgehead atoms. The number of benzene rings is 2. The number of carbonyl (C=O) groups is 2. The first-order valence-electron chi connectivity index (χ1n) is 11.0. The SMILES string of the molecule is COC(=O)C/C=C(/CC1CCN(C(=O)OC(C)(C)C)CC1)c1ccc2ccccc2c1. The second kappa shape index (κ2) is 9.99. The molecule has 0 aromatic heterocycles. The molecule has 1 heterocycles. The van der Waals surface area contributed by atoms with Crippen molar-refractivity contribution in [2.45, 2.75) is 52.1 Å². The number of amides is 1. The summed E-state index contributed by atoms with van der Waals surface area (Å²) < 4.78 is 10.3. The van der Waals surface area contributed by atoms with E-state index < -0.39 is 5.60 Å². The quantitative estimate of drug-likeness (QED) is 0.568. The van der Waals surface area contributed by atoms with Crippen LogP contribution in [0.15, 0.2) is 48.5 Å². The molecular formula is C26H33NO4. The average molecular weight is 424 g/mol. The van der Waals surface area contributed by atoms with E-state index in [1.54, 1.807) is 4.90 Å². The van der Waals surface area contributed by atoms with E-state index in [4.69, 9.17) is 9.47 Å². The zero-order chi connectivity index (χ0) is 22.4. The number of ether oxygens (including phenoxy) is 2. The molecule has 0 atom stereocenters. The molecule has 1 saturated heterocycles. The zero-order valence-electron chi connectivity index (χ0n) is 19.0. The fourth-order valence-electron chi connectivity index (χ4n) is 3.96. The average Bonchev–Trinajstić information content (AvgIpc) is 2.75. The van der Waals surface area contributed by atoms with Crippen LogP contribution < -0.4 is 0 Å². The Morgan fingerprint density at radius 2 is 1.74 bits per heavy atom. The predicted molar refractivity (Wildman–Crippen MR) is 124 cm³/mol. The standard InChI is InChI=1S/C26H33NO4/c1-26(2,3)31-25(29)27-15-13-19(14-16-27)17-22(11-12-24(28)30-4)23-10-9-20-7-5-6-8-21(20)18-23/h5-11,18-19H,12-17H2,1-4H3/b22-11-. The highest BCUT2D eigenvalue weighted by Crippen LogP contribution is 2.31. The van der Waals surface area contributed by atoms with Crippen molar-refractivity contribution in [1.82, 2.24) is 4.90 Å². The van der Waals surface area contributed by atoms with Crippen molar-refractivity contribution in [2.24, 2.45) is 5.92 Å². The van der Waals surface area contributed by atoms with Gasteiger partial charge in [-0.25, -0.2) is 4.79 Å². The highest BCUT2D eigenvalue weighted by atomic mass is 16.6. The van der Waals surface area contributed by atoms with Gasteiger partial charge in [-0.15, -0.1) is 0 Å². The Labute approximate surface area is 185 Å². The topological polar surface area (TPSA) is 55.8 Å². The lowest BCUT2D eigenvalue weighted by molar-refractivity contribution is -0.139. The summed E-state index contributed by atoms with van der Waals surface area (Å²) in [5.74, 6) is 0.215. The van der Waals surface area contributed by atoms with Gasteiger partial charge in [-0.05, 0) is 73.9 Å². The van der Waals surface area contributed by atoms with E-state index in [-0.39, 0.29) is 18.5 Å². The summed E-state index contributed by atoms with van der Waals surface area (Å²) in [7, 11) is 1.41. The third-order valence-corrected chi connectivity index (χ3v) is 5.64. The predicted octanol–water partition coefficient (Wildman–Crippen LogP) is 5.82. The Hall–Kier alpha value is -2.82. The molecule has 2 aromatic rings. The molecule has 5 nitrogen and oxygen atoms in total. The number of allylic oxidation sites excluding steroid dienone is 1. The number of rotatable bonds is 5. The molecule has 0 spiro atoms. The Balaban J connectivity index is 1.71. The summed E-state index contributed by atoms with van der Waals surface area (Å²) in [5.41, 5.74) is 1.82. The second-order valence-electron chi connectivity index (χ2n) is 9.19. The summed E-state index contributed by atoms with van der Waals surface area (Å²) in [5, 5.41) is 2.38. The minimum Gasteiger partial charge on any atom is -0.469 e. The van der Waals surface area contributed by atoms with Crippen molar-refractivity contribution in [3.8, 4) is 0 Å². The number of fused-ring (bicyclic) bond motifs is 1.